The number of halogens is 2. The maximum absolute atomic E-state index is 12.3. The molecular formula is C14H16Cl2N2O. The molecule has 1 aliphatic heterocycles. The number of benzene rings is 1. The van der Waals surface area contributed by atoms with Gasteiger partial charge >= 0.3 is 0 Å². The van der Waals surface area contributed by atoms with Gasteiger partial charge in [-0.15, -0.1) is 0 Å². The summed E-state index contributed by atoms with van der Waals surface area (Å²) in [7, 11) is 0. The monoisotopic (exact) mass is 298 g/mol. The van der Waals surface area contributed by atoms with Gasteiger partial charge in [-0.25, -0.2) is 0 Å². The summed E-state index contributed by atoms with van der Waals surface area (Å²) in [5, 5.41) is 7.32. The van der Waals surface area contributed by atoms with Crippen LogP contribution in [0.25, 0.3) is 0 Å². The minimum Gasteiger partial charge on any atom is -0.325 e. The number of hydrogen-bond donors (Lipinski definition) is 2. The van der Waals surface area contributed by atoms with Gasteiger partial charge in [0.1, 0.15) is 0 Å². The van der Waals surface area contributed by atoms with Crippen molar-refractivity contribution in [3.05, 3.63) is 28.2 Å². The minimum atomic E-state index is 0.0890. The Bertz CT molecular complexity index is 512. The summed E-state index contributed by atoms with van der Waals surface area (Å²) in [6.45, 7) is 2.04. The van der Waals surface area contributed by atoms with Gasteiger partial charge in [0.25, 0.3) is 0 Å². The lowest BCUT2D eigenvalue weighted by atomic mass is 9.92. The van der Waals surface area contributed by atoms with Crippen LogP contribution in [0.3, 0.4) is 0 Å². The Balaban J connectivity index is 1.66. The van der Waals surface area contributed by atoms with Crippen molar-refractivity contribution in [3.8, 4) is 0 Å². The second-order valence-electron chi connectivity index (χ2n) is 5.48. The van der Waals surface area contributed by atoms with Crippen molar-refractivity contribution in [1.29, 1.82) is 0 Å². The molecule has 1 aliphatic carbocycles. The summed E-state index contributed by atoms with van der Waals surface area (Å²) in [5.41, 5.74) is 0.890. The summed E-state index contributed by atoms with van der Waals surface area (Å²) in [5.74, 6) is 0.229. The average Bonchev–Trinajstić information content (AvgIpc) is 3.07. The Kier molecular flexibility index (Phi) is 3.46. The molecule has 1 atom stereocenters. The van der Waals surface area contributed by atoms with Crippen LogP contribution in [0.4, 0.5) is 5.69 Å². The molecule has 1 heterocycles. The third kappa shape index (κ3) is 2.60. The number of rotatable bonds is 2. The lowest BCUT2D eigenvalue weighted by Crippen LogP contribution is -2.31. The molecule has 5 heteroatoms. The Morgan fingerprint density at radius 1 is 1.32 bits per heavy atom. The van der Waals surface area contributed by atoms with Gasteiger partial charge in [0, 0.05) is 10.9 Å². The van der Waals surface area contributed by atoms with Crippen LogP contribution in [0, 0.1) is 11.3 Å². The molecule has 1 saturated heterocycles. The van der Waals surface area contributed by atoms with Crippen LogP contribution in [0.1, 0.15) is 19.3 Å². The molecule has 0 bridgehead atoms. The smallest absolute Gasteiger partial charge is 0.228 e. The van der Waals surface area contributed by atoms with Crippen LogP contribution in [0.15, 0.2) is 18.2 Å². The van der Waals surface area contributed by atoms with E-state index in [-0.39, 0.29) is 17.2 Å². The van der Waals surface area contributed by atoms with E-state index in [1.807, 2.05) is 0 Å². The minimum absolute atomic E-state index is 0.0890. The van der Waals surface area contributed by atoms with Crippen molar-refractivity contribution < 1.29 is 4.79 Å². The second kappa shape index (κ2) is 4.97. The molecule has 0 radical (unpaired) electrons. The van der Waals surface area contributed by atoms with Crippen LogP contribution >= 0.6 is 23.2 Å². The Labute approximate surface area is 122 Å². The predicted octanol–water partition coefficient (Wildman–Crippen LogP) is 3.32. The zero-order chi connectivity index (χ0) is 13.5. The maximum Gasteiger partial charge on any atom is 0.228 e. The van der Waals surface area contributed by atoms with Crippen LogP contribution in [-0.2, 0) is 4.79 Å². The third-order valence-electron chi connectivity index (χ3n) is 4.29. The van der Waals surface area contributed by atoms with Gasteiger partial charge in [-0.1, -0.05) is 23.2 Å². The first-order valence-corrected chi connectivity index (χ1v) is 7.33. The number of piperidine rings is 1. The van der Waals surface area contributed by atoms with E-state index in [0.717, 1.165) is 32.4 Å². The Morgan fingerprint density at radius 3 is 2.74 bits per heavy atom. The number of amides is 1. The molecule has 2 N–H and O–H groups in total. The number of anilines is 1. The lowest BCUT2D eigenvalue weighted by Gasteiger charge is -2.23. The Hall–Kier alpha value is -0.770. The number of carbonyl (C=O) groups excluding carboxylic acids is 1. The van der Waals surface area contributed by atoms with Gasteiger partial charge in [-0.2, -0.15) is 0 Å². The highest BCUT2D eigenvalue weighted by atomic mass is 35.5. The first-order valence-electron chi connectivity index (χ1n) is 6.57. The molecule has 19 heavy (non-hydrogen) atoms. The van der Waals surface area contributed by atoms with Crippen LogP contribution in [-0.4, -0.2) is 19.0 Å². The second-order valence-corrected chi connectivity index (χ2v) is 6.33. The first kappa shape index (κ1) is 13.2. The Morgan fingerprint density at radius 2 is 2.05 bits per heavy atom. The fourth-order valence-corrected chi connectivity index (χ4v) is 3.46. The highest BCUT2D eigenvalue weighted by Crippen LogP contribution is 2.58. The molecular weight excluding hydrogens is 283 g/mol. The van der Waals surface area contributed by atoms with Crippen LogP contribution in [0.5, 0.6) is 0 Å². The number of hydrogen-bond acceptors (Lipinski definition) is 2. The van der Waals surface area contributed by atoms with Crippen molar-refractivity contribution in [2.45, 2.75) is 19.3 Å². The summed E-state index contributed by atoms with van der Waals surface area (Å²) in [6, 6.07) is 5.13. The van der Waals surface area contributed by atoms with E-state index in [1.165, 1.54) is 0 Å². The van der Waals surface area contributed by atoms with Gasteiger partial charge < -0.3 is 10.6 Å². The molecule has 102 valence electrons. The summed E-state index contributed by atoms with van der Waals surface area (Å²) < 4.78 is 0. The molecule has 1 amide bonds. The van der Waals surface area contributed by atoms with Crippen molar-refractivity contribution in [2.24, 2.45) is 11.3 Å². The molecule has 1 aromatic carbocycles. The van der Waals surface area contributed by atoms with Crippen molar-refractivity contribution >= 4 is 34.8 Å². The molecule has 2 aliphatic rings. The molecule has 1 saturated carbocycles. The maximum atomic E-state index is 12.3. The van der Waals surface area contributed by atoms with Gasteiger partial charge in [0.05, 0.1) is 10.7 Å². The van der Waals surface area contributed by atoms with E-state index >= 15 is 0 Å². The number of carbonyl (C=O) groups is 1. The highest BCUT2D eigenvalue weighted by molar-refractivity contribution is 6.36. The molecule has 1 unspecified atom stereocenters. The van der Waals surface area contributed by atoms with E-state index in [4.69, 9.17) is 23.2 Å². The standard InChI is InChI=1S/C14H16Cl2N2O/c15-9-1-2-12(11(16)7-9)18-13(19)10-8-14(10)3-5-17-6-4-14/h1-2,7,10,17H,3-6,8H2,(H,18,19). The highest BCUT2D eigenvalue weighted by Gasteiger charge is 2.57. The van der Waals surface area contributed by atoms with Gasteiger partial charge in [0.15, 0.2) is 0 Å². The summed E-state index contributed by atoms with van der Waals surface area (Å²) in [4.78, 5) is 12.3. The zero-order valence-electron chi connectivity index (χ0n) is 10.5. The van der Waals surface area contributed by atoms with Crippen molar-refractivity contribution in [3.63, 3.8) is 0 Å². The van der Waals surface area contributed by atoms with Crippen LogP contribution < -0.4 is 10.6 Å². The van der Waals surface area contributed by atoms with E-state index < -0.39 is 0 Å². The lowest BCUT2D eigenvalue weighted by molar-refractivity contribution is -0.118. The van der Waals surface area contributed by atoms with E-state index in [0.29, 0.717) is 15.7 Å². The topological polar surface area (TPSA) is 41.1 Å². The van der Waals surface area contributed by atoms with E-state index in [9.17, 15) is 4.79 Å². The summed E-state index contributed by atoms with van der Waals surface area (Å²) in [6.07, 6.45) is 3.20. The van der Waals surface area contributed by atoms with Gasteiger partial charge in [-0.3, -0.25) is 4.79 Å². The molecule has 1 spiro atoms. The predicted molar refractivity (Wildman–Crippen MR) is 77.7 cm³/mol. The normalized spacial score (nSPS) is 24.2. The first-order chi connectivity index (χ1) is 9.11. The molecule has 3 rings (SSSR count). The van der Waals surface area contributed by atoms with Crippen molar-refractivity contribution in [1.82, 2.24) is 5.32 Å². The van der Waals surface area contributed by atoms with Crippen LogP contribution in [0.2, 0.25) is 10.0 Å². The number of nitrogens with one attached hydrogen (secondary N) is 2. The van der Waals surface area contributed by atoms with E-state index in [2.05, 4.69) is 10.6 Å². The zero-order valence-corrected chi connectivity index (χ0v) is 12.0. The largest absolute Gasteiger partial charge is 0.325 e. The fourth-order valence-electron chi connectivity index (χ4n) is 3.01. The van der Waals surface area contributed by atoms with Gasteiger partial charge in [0.2, 0.25) is 5.91 Å². The summed E-state index contributed by atoms with van der Waals surface area (Å²) >= 11 is 11.9. The molecule has 2 fully saturated rings. The van der Waals surface area contributed by atoms with E-state index in [1.54, 1.807) is 18.2 Å². The molecule has 3 nitrogen and oxygen atoms in total. The van der Waals surface area contributed by atoms with Gasteiger partial charge in [-0.05, 0) is 56.0 Å². The quantitative estimate of drug-likeness (QED) is 0.879. The third-order valence-corrected chi connectivity index (χ3v) is 4.84. The molecule has 1 aromatic rings. The van der Waals surface area contributed by atoms with Crippen molar-refractivity contribution in [2.75, 3.05) is 18.4 Å². The average molecular weight is 299 g/mol. The SMILES string of the molecule is O=C(Nc1ccc(Cl)cc1Cl)C1CC12CCNCC2. The fraction of sp³-hybridized carbons (Fsp3) is 0.500. The molecule has 0 aromatic heterocycles.